The van der Waals surface area contributed by atoms with Crippen LogP contribution in [-0.2, 0) is 0 Å². The molecule has 4 heteroatoms. The highest BCUT2D eigenvalue weighted by Crippen LogP contribution is 2.39. The molecule has 3 aromatic carbocycles. The van der Waals surface area contributed by atoms with Gasteiger partial charge < -0.3 is 4.74 Å². The normalized spacial score (nSPS) is 17.9. The van der Waals surface area contributed by atoms with E-state index in [1.54, 1.807) is 24.3 Å². The Morgan fingerprint density at radius 1 is 0.838 bits per heavy atom. The molecule has 0 heterocycles. The third-order valence-electron chi connectivity index (χ3n) is 7.60. The van der Waals surface area contributed by atoms with E-state index in [4.69, 9.17) is 4.74 Å². The number of halogens is 3. The average Bonchev–Trinajstić information content (AvgIpc) is 2.92. The van der Waals surface area contributed by atoms with Gasteiger partial charge in [-0.1, -0.05) is 61.9 Å². The zero-order valence-corrected chi connectivity index (χ0v) is 21.9. The van der Waals surface area contributed by atoms with Gasteiger partial charge in [-0.3, -0.25) is 0 Å². The van der Waals surface area contributed by atoms with Crippen LogP contribution in [0.25, 0.3) is 22.3 Å². The van der Waals surface area contributed by atoms with Gasteiger partial charge in [0.1, 0.15) is 5.82 Å². The van der Waals surface area contributed by atoms with Gasteiger partial charge in [-0.2, -0.15) is 4.39 Å². The summed E-state index contributed by atoms with van der Waals surface area (Å²) in [4.78, 5) is 0. The number of ether oxygens (including phenoxy) is 1. The maximum Gasteiger partial charge on any atom is 0.201 e. The number of hydrogen-bond donors (Lipinski definition) is 0. The fourth-order valence-corrected chi connectivity index (χ4v) is 5.33. The van der Waals surface area contributed by atoms with E-state index in [1.165, 1.54) is 12.5 Å². The topological polar surface area (TPSA) is 9.23 Å². The van der Waals surface area contributed by atoms with Gasteiger partial charge >= 0.3 is 0 Å². The van der Waals surface area contributed by atoms with Crippen molar-refractivity contribution in [2.24, 2.45) is 5.92 Å². The summed E-state index contributed by atoms with van der Waals surface area (Å²) in [6, 6.07) is 15.6. The zero-order chi connectivity index (χ0) is 26.2. The van der Waals surface area contributed by atoms with Gasteiger partial charge in [-0.05, 0) is 104 Å². The summed E-state index contributed by atoms with van der Waals surface area (Å²) in [7, 11) is 0. The molecule has 37 heavy (non-hydrogen) atoms. The molecular formula is C33H37F3O. The van der Waals surface area contributed by atoms with Crippen molar-refractivity contribution in [3.63, 3.8) is 0 Å². The summed E-state index contributed by atoms with van der Waals surface area (Å²) >= 11 is 0. The van der Waals surface area contributed by atoms with Crippen molar-refractivity contribution in [3.8, 4) is 28.0 Å². The minimum atomic E-state index is -0.970. The molecule has 0 unspecified atom stereocenters. The van der Waals surface area contributed by atoms with E-state index in [9.17, 15) is 8.78 Å². The van der Waals surface area contributed by atoms with Crippen LogP contribution in [0.4, 0.5) is 13.2 Å². The Bertz CT molecular complexity index is 1190. The van der Waals surface area contributed by atoms with Crippen molar-refractivity contribution in [2.75, 3.05) is 6.61 Å². The van der Waals surface area contributed by atoms with Crippen LogP contribution in [0.5, 0.6) is 5.75 Å². The summed E-state index contributed by atoms with van der Waals surface area (Å²) in [5.74, 6) is -1.09. The van der Waals surface area contributed by atoms with E-state index < -0.39 is 11.6 Å². The first kappa shape index (κ1) is 27.0. The minimum absolute atomic E-state index is 0.0657. The fourth-order valence-electron chi connectivity index (χ4n) is 5.33. The lowest BCUT2D eigenvalue weighted by molar-refractivity contribution is 0.289. The molecule has 1 aliphatic rings. The van der Waals surface area contributed by atoms with E-state index >= 15 is 4.39 Å². The van der Waals surface area contributed by atoms with Gasteiger partial charge in [0.05, 0.1) is 6.61 Å². The summed E-state index contributed by atoms with van der Waals surface area (Å²) in [6.07, 6.45) is 12.8. The molecule has 0 spiro atoms. The minimum Gasteiger partial charge on any atom is -0.490 e. The highest BCUT2D eigenvalue weighted by molar-refractivity contribution is 5.71. The Balaban J connectivity index is 1.43. The standard InChI is InChI=1S/C33H37F3O/c1-3-5-7-8-23-9-11-25(12-10-23)28-18-17-27(22-30(28)34)24-13-15-26(16-14-24)29-19-20-31(33(36)32(29)35)37-21-6-4-2/h3,5,13-20,22-23,25H,4,6-12,21H2,1-2H3/b5-3+. The van der Waals surface area contributed by atoms with E-state index in [0.717, 1.165) is 67.6 Å². The van der Waals surface area contributed by atoms with E-state index in [2.05, 4.69) is 19.1 Å². The van der Waals surface area contributed by atoms with Gasteiger partial charge in [-0.25, -0.2) is 8.78 Å². The molecule has 196 valence electrons. The number of unbranched alkanes of at least 4 members (excludes halogenated alkanes) is 1. The lowest BCUT2D eigenvalue weighted by Gasteiger charge is -2.29. The highest BCUT2D eigenvalue weighted by Gasteiger charge is 2.24. The summed E-state index contributed by atoms with van der Waals surface area (Å²) in [5.41, 5.74) is 3.16. The lowest BCUT2D eigenvalue weighted by atomic mass is 9.77. The van der Waals surface area contributed by atoms with Gasteiger partial charge in [0.15, 0.2) is 11.6 Å². The molecule has 0 atom stereocenters. The van der Waals surface area contributed by atoms with Crippen molar-refractivity contribution < 1.29 is 17.9 Å². The molecule has 0 aromatic heterocycles. The molecule has 4 rings (SSSR count). The first-order valence-electron chi connectivity index (χ1n) is 13.6. The van der Waals surface area contributed by atoms with Gasteiger partial charge in [-0.15, -0.1) is 0 Å². The third-order valence-corrected chi connectivity index (χ3v) is 7.60. The van der Waals surface area contributed by atoms with Crippen LogP contribution < -0.4 is 4.74 Å². The second-order valence-corrected chi connectivity index (χ2v) is 10.1. The van der Waals surface area contributed by atoms with Crippen LogP contribution in [-0.4, -0.2) is 6.61 Å². The van der Waals surface area contributed by atoms with Crippen LogP contribution >= 0.6 is 0 Å². The van der Waals surface area contributed by atoms with Crippen LogP contribution in [0.2, 0.25) is 0 Å². The predicted molar refractivity (Wildman–Crippen MR) is 146 cm³/mol. The summed E-state index contributed by atoms with van der Waals surface area (Å²) < 4.78 is 49.8. The molecule has 3 aromatic rings. The quantitative estimate of drug-likeness (QED) is 0.196. The van der Waals surface area contributed by atoms with Crippen LogP contribution in [0.3, 0.4) is 0 Å². The highest BCUT2D eigenvalue weighted by atomic mass is 19.2. The molecule has 1 nitrogen and oxygen atoms in total. The van der Waals surface area contributed by atoms with Crippen molar-refractivity contribution in [3.05, 3.63) is 89.8 Å². The van der Waals surface area contributed by atoms with Gasteiger partial charge in [0.25, 0.3) is 0 Å². The first-order valence-corrected chi connectivity index (χ1v) is 13.6. The lowest BCUT2D eigenvalue weighted by Crippen LogP contribution is -2.14. The third kappa shape index (κ3) is 6.66. The maximum absolute atomic E-state index is 15.1. The van der Waals surface area contributed by atoms with Crippen molar-refractivity contribution in [2.45, 2.75) is 71.1 Å². The van der Waals surface area contributed by atoms with Crippen LogP contribution in [0.15, 0.2) is 66.7 Å². The molecular weight excluding hydrogens is 469 g/mol. The summed E-state index contributed by atoms with van der Waals surface area (Å²) in [5, 5.41) is 0. The van der Waals surface area contributed by atoms with Gasteiger partial charge in [0, 0.05) is 5.56 Å². The molecule has 1 aliphatic carbocycles. The molecule has 0 bridgehead atoms. The monoisotopic (exact) mass is 506 g/mol. The SMILES string of the molecule is C/C=C/CCC1CCC(c2ccc(-c3ccc(-c4ccc(OCCCC)c(F)c4F)cc3)cc2F)CC1. The Morgan fingerprint density at radius 2 is 1.54 bits per heavy atom. The average molecular weight is 507 g/mol. The van der Waals surface area contributed by atoms with E-state index in [0.29, 0.717) is 12.2 Å². The number of hydrogen-bond acceptors (Lipinski definition) is 1. The fraction of sp³-hybridized carbons (Fsp3) is 0.394. The maximum atomic E-state index is 15.1. The second-order valence-electron chi connectivity index (χ2n) is 10.1. The van der Waals surface area contributed by atoms with Gasteiger partial charge in [0.2, 0.25) is 5.82 Å². The molecule has 0 amide bonds. The molecule has 0 radical (unpaired) electrons. The number of rotatable bonds is 10. The van der Waals surface area contributed by atoms with E-state index in [1.807, 2.05) is 31.2 Å². The van der Waals surface area contributed by atoms with Crippen molar-refractivity contribution in [1.82, 2.24) is 0 Å². The van der Waals surface area contributed by atoms with Crippen LogP contribution in [0, 0.1) is 23.4 Å². The second kappa shape index (κ2) is 13.0. The largest absolute Gasteiger partial charge is 0.490 e. The Morgan fingerprint density at radius 3 is 2.22 bits per heavy atom. The predicted octanol–water partition coefficient (Wildman–Crippen LogP) is 10.2. The van der Waals surface area contributed by atoms with Crippen molar-refractivity contribution >= 4 is 0 Å². The first-order chi connectivity index (χ1) is 18.0. The zero-order valence-electron chi connectivity index (χ0n) is 21.9. The Kier molecular flexibility index (Phi) is 9.49. The number of allylic oxidation sites excluding steroid dienone is 2. The number of benzene rings is 3. The Hall–Kier alpha value is -3.01. The Labute approximate surface area is 219 Å². The molecule has 1 saturated carbocycles. The van der Waals surface area contributed by atoms with Crippen LogP contribution in [0.1, 0.15) is 76.7 Å². The molecule has 0 saturated heterocycles. The van der Waals surface area contributed by atoms with Crippen molar-refractivity contribution in [1.29, 1.82) is 0 Å². The smallest absolute Gasteiger partial charge is 0.201 e. The molecule has 0 N–H and O–H groups in total. The molecule has 1 fully saturated rings. The summed E-state index contributed by atoms with van der Waals surface area (Å²) in [6.45, 7) is 4.42. The molecule has 0 aliphatic heterocycles. The van der Waals surface area contributed by atoms with E-state index in [-0.39, 0.29) is 23.0 Å².